The van der Waals surface area contributed by atoms with Crippen LogP contribution in [0, 0.1) is 0 Å². The Kier molecular flexibility index (Phi) is 7.34. The van der Waals surface area contributed by atoms with Gasteiger partial charge < -0.3 is 19.6 Å². The van der Waals surface area contributed by atoms with E-state index in [4.69, 9.17) is 14.5 Å². The fraction of sp³-hybridized carbons (Fsp3) is 1.00. The smallest absolute Gasteiger partial charge is 0.388 e. The Morgan fingerprint density at radius 2 is 1.93 bits per heavy atom. The van der Waals surface area contributed by atoms with Gasteiger partial charge in [0.1, 0.15) is 6.10 Å². The third-order valence-electron chi connectivity index (χ3n) is 1.70. The van der Waals surface area contributed by atoms with E-state index in [1.54, 1.807) is 0 Å². The fourth-order valence-electron chi connectivity index (χ4n) is 0.996. The Labute approximate surface area is 89.5 Å². The number of ether oxygens (including phenoxy) is 1. The Hall–Kier alpha value is 0.0300. The van der Waals surface area contributed by atoms with Crippen LogP contribution < -0.4 is 0 Å². The van der Waals surface area contributed by atoms with Gasteiger partial charge in [0.15, 0.2) is 0 Å². The van der Waals surface area contributed by atoms with Crippen molar-refractivity contribution in [3.05, 3.63) is 0 Å². The molecule has 0 spiro atoms. The largest absolute Gasteiger partial charge is 0.469 e. The minimum absolute atomic E-state index is 0.0150. The number of aliphatic hydroxyl groups excluding tert-OH is 1. The Morgan fingerprint density at radius 3 is 2.40 bits per heavy atom. The second-order valence-electron chi connectivity index (χ2n) is 3.37. The van der Waals surface area contributed by atoms with Crippen LogP contribution in [0.25, 0.3) is 0 Å². The zero-order valence-electron chi connectivity index (χ0n) is 9.00. The maximum Gasteiger partial charge on any atom is 0.469 e. The summed E-state index contributed by atoms with van der Waals surface area (Å²) >= 11 is 0. The van der Waals surface area contributed by atoms with Crippen LogP contribution in [0.5, 0.6) is 0 Å². The van der Waals surface area contributed by atoms with Gasteiger partial charge in [0.25, 0.3) is 0 Å². The van der Waals surface area contributed by atoms with Crippen LogP contribution in [0.2, 0.25) is 0 Å². The van der Waals surface area contributed by atoms with Crippen molar-refractivity contribution in [3.8, 4) is 0 Å². The fourth-order valence-corrected chi connectivity index (χ4v) is 1.36. The second-order valence-corrected chi connectivity index (χ2v) is 4.61. The molecule has 7 heteroatoms. The normalized spacial score (nSPS) is 16.3. The zero-order chi connectivity index (χ0) is 11.9. The lowest BCUT2D eigenvalue weighted by molar-refractivity contribution is -0.0245. The predicted octanol–water partition coefficient (Wildman–Crippen LogP) is 0.662. The van der Waals surface area contributed by atoms with Crippen molar-refractivity contribution >= 4 is 7.82 Å². The van der Waals surface area contributed by atoms with Crippen molar-refractivity contribution in [1.82, 2.24) is 0 Å². The Balaban J connectivity index is 3.57. The van der Waals surface area contributed by atoms with Gasteiger partial charge in [0.2, 0.25) is 0 Å². The van der Waals surface area contributed by atoms with Crippen LogP contribution in [-0.2, 0) is 13.8 Å². The summed E-state index contributed by atoms with van der Waals surface area (Å²) in [6, 6.07) is 0. The number of phosphoric acid groups is 1. The molecule has 15 heavy (non-hydrogen) atoms. The molecule has 0 heterocycles. The molecule has 0 aliphatic rings. The van der Waals surface area contributed by atoms with E-state index in [2.05, 4.69) is 4.52 Å². The molecule has 0 saturated carbocycles. The molecule has 0 aliphatic carbocycles. The molecule has 0 aliphatic heterocycles. The van der Waals surface area contributed by atoms with E-state index in [0.717, 1.165) is 12.8 Å². The molecule has 92 valence electrons. The molecule has 1 unspecified atom stereocenters. The molecule has 0 aromatic carbocycles. The van der Waals surface area contributed by atoms with Gasteiger partial charge in [-0.2, -0.15) is 0 Å². The van der Waals surface area contributed by atoms with Gasteiger partial charge in [-0.3, -0.25) is 4.52 Å². The van der Waals surface area contributed by atoms with E-state index in [1.165, 1.54) is 0 Å². The van der Waals surface area contributed by atoms with Gasteiger partial charge >= 0.3 is 7.82 Å². The highest BCUT2D eigenvalue weighted by Crippen LogP contribution is 2.35. The van der Waals surface area contributed by atoms with Crippen molar-refractivity contribution < 1.29 is 28.7 Å². The van der Waals surface area contributed by atoms with Crippen LogP contribution >= 0.6 is 7.82 Å². The van der Waals surface area contributed by atoms with Crippen LogP contribution in [0.4, 0.5) is 0 Å². The SMILES string of the molecule is CCCC(C)OC[C@@H](O)COP(=O)(O)O. The lowest BCUT2D eigenvalue weighted by Crippen LogP contribution is -2.24. The molecular weight excluding hydrogens is 223 g/mol. The molecule has 0 saturated heterocycles. The predicted molar refractivity (Wildman–Crippen MR) is 54.3 cm³/mol. The first-order valence-corrected chi connectivity index (χ1v) is 6.38. The van der Waals surface area contributed by atoms with E-state index in [9.17, 15) is 9.67 Å². The van der Waals surface area contributed by atoms with Crippen LogP contribution in [0.1, 0.15) is 26.7 Å². The van der Waals surface area contributed by atoms with E-state index in [0.29, 0.717) is 0 Å². The molecule has 3 N–H and O–H groups in total. The third kappa shape index (κ3) is 10.3. The quantitative estimate of drug-likeness (QED) is 0.541. The molecule has 0 aromatic rings. The summed E-state index contributed by atoms with van der Waals surface area (Å²) in [5.74, 6) is 0. The summed E-state index contributed by atoms with van der Waals surface area (Å²) in [6.45, 7) is 3.48. The summed E-state index contributed by atoms with van der Waals surface area (Å²) in [5.41, 5.74) is 0. The maximum absolute atomic E-state index is 10.3. The van der Waals surface area contributed by atoms with Crippen molar-refractivity contribution in [2.75, 3.05) is 13.2 Å². The highest BCUT2D eigenvalue weighted by atomic mass is 31.2. The van der Waals surface area contributed by atoms with Gasteiger partial charge in [-0.25, -0.2) is 4.57 Å². The minimum atomic E-state index is -4.50. The van der Waals surface area contributed by atoms with Gasteiger partial charge in [-0.1, -0.05) is 13.3 Å². The standard InChI is InChI=1S/C8H19O6P/c1-3-4-7(2)13-5-8(9)6-14-15(10,11)12/h7-9H,3-6H2,1-2H3,(H2,10,11,12)/t7?,8-/m1/s1. The summed E-state index contributed by atoms with van der Waals surface area (Å²) < 4.78 is 19.6. The molecule has 0 radical (unpaired) electrons. The third-order valence-corrected chi connectivity index (χ3v) is 2.19. The second kappa shape index (κ2) is 7.33. The molecule has 2 atom stereocenters. The molecule has 0 bridgehead atoms. The van der Waals surface area contributed by atoms with E-state index in [1.807, 2.05) is 13.8 Å². The first-order chi connectivity index (χ1) is 6.85. The van der Waals surface area contributed by atoms with Crippen LogP contribution in [0.3, 0.4) is 0 Å². The zero-order valence-corrected chi connectivity index (χ0v) is 9.89. The molecule has 0 rings (SSSR count). The number of aliphatic hydroxyl groups is 1. The molecule has 0 aromatic heterocycles. The Bertz CT molecular complexity index is 203. The summed E-state index contributed by atoms with van der Waals surface area (Å²) in [7, 11) is -4.50. The van der Waals surface area contributed by atoms with Crippen LogP contribution in [0.15, 0.2) is 0 Å². The monoisotopic (exact) mass is 242 g/mol. The van der Waals surface area contributed by atoms with E-state index >= 15 is 0 Å². The van der Waals surface area contributed by atoms with Gasteiger partial charge in [0.05, 0.1) is 19.3 Å². The first kappa shape index (κ1) is 15.0. The highest BCUT2D eigenvalue weighted by molar-refractivity contribution is 7.46. The molecule has 0 fully saturated rings. The lowest BCUT2D eigenvalue weighted by atomic mass is 10.2. The van der Waals surface area contributed by atoms with E-state index < -0.39 is 20.5 Å². The minimum Gasteiger partial charge on any atom is -0.388 e. The number of phosphoric ester groups is 1. The van der Waals surface area contributed by atoms with Crippen molar-refractivity contribution in [1.29, 1.82) is 0 Å². The topological polar surface area (TPSA) is 96.2 Å². The van der Waals surface area contributed by atoms with Gasteiger partial charge in [0, 0.05) is 0 Å². The Morgan fingerprint density at radius 1 is 1.33 bits per heavy atom. The number of rotatable bonds is 8. The average Bonchev–Trinajstić information content (AvgIpc) is 2.11. The molecule has 6 nitrogen and oxygen atoms in total. The summed E-state index contributed by atoms with van der Waals surface area (Å²) in [4.78, 5) is 16.7. The molecule has 0 amide bonds. The highest BCUT2D eigenvalue weighted by Gasteiger charge is 2.17. The number of hydrogen-bond acceptors (Lipinski definition) is 4. The lowest BCUT2D eigenvalue weighted by Gasteiger charge is -2.16. The average molecular weight is 242 g/mol. The van der Waals surface area contributed by atoms with Gasteiger partial charge in [-0.15, -0.1) is 0 Å². The van der Waals surface area contributed by atoms with E-state index in [-0.39, 0.29) is 12.7 Å². The van der Waals surface area contributed by atoms with Crippen molar-refractivity contribution in [3.63, 3.8) is 0 Å². The van der Waals surface area contributed by atoms with Crippen molar-refractivity contribution in [2.24, 2.45) is 0 Å². The number of hydrogen-bond donors (Lipinski definition) is 3. The summed E-state index contributed by atoms with van der Waals surface area (Å²) in [5, 5.41) is 9.24. The molecular formula is C8H19O6P. The van der Waals surface area contributed by atoms with Crippen molar-refractivity contribution in [2.45, 2.75) is 38.9 Å². The van der Waals surface area contributed by atoms with Crippen LogP contribution in [-0.4, -0.2) is 40.3 Å². The first-order valence-electron chi connectivity index (χ1n) is 4.85. The maximum atomic E-state index is 10.3. The summed E-state index contributed by atoms with van der Waals surface area (Å²) in [6.07, 6.45) is 0.874. The van der Waals surface area contributed by atoms with Gasteiger partial charge in [-0.05, 0) is 13.3 Å².